The Hall–Kier alpha value is -7.32. The molecule has 0 atom stereocenters. The van der Waals surface area contributed by atoms with Crippen LogP contribution in [0.2, 0.25) is 0 Å². The predicted octanol–water partition coefficient (Wildman–Crippen LogP) is 11.0. The summed E-state index contributed by atoms with van der Waals surface area (Å²) in [5.41, 5.74) is 11.0. The van der Waals surface area contributed by atoms with E-state index in [-0.39, 0.29) is 11.8 Å². The molecule has 53 heavy (non-hydrogen) atoms. The molecule has 0 aliphatic carbocycles. The molecule has 0 spiro atoms. The fourth-order valence-electron chi connectivity index (χ4n) is 8.12. The summed E-state index contributed by atoms with van der Waals surface area (Å²) >= 11 is 0. The zero-order valence-electron chi connectivity index (χ0n) is 28.4. The number of hydrogen-bond donors (Lipinski definition) is 6. The first-order valence-electron chi connectivity index (χ1n) is 17.6. The maximum Gasteiger partial charge on any atom is 0.255 e. The summed E-state index contributed by atoms with van der Waals surface area (Å²) in [6.45, 7) is 1.95. The van der Waals surface area contributed by atoms with Crippen molar-refractivity contribution in [3.05, 3.63) is 144 Å². The number of amides is 2. The van der Waals surface area contributed by atoms with E-state index < -0.39 is 0 Å². The zero-order valence-corrected chi connectivity index (χ0v) is 28.4. The molecule has 252 valence electrons. The van der Waals surface area contributed by atoms with Crippen LogP contribution in [-0.2, 0) is 0 Å². The Kier molecular flexibility index (Phi) is 6.02. The Morgan fingerprint density at radius 1 is 0.396 bits per heavy atom. The number of rotatable bonds is 4. The molecule has 8 heteroatoms. The number of carbonyl (C=O) groups excluding carboxylic acids is 2. The van der Waals surface area contributed by atoms with Gasteiger partial charge in [-0.25, -0.2) is 0 Å². The average Bonchev–Trinajstić information content (AvgIpc) is 3.95. The molecule has 0 fully saturated rings. The first kappa shape index (κ1) is 29.4. The van der Waals surface area contributed by atoms with Crippen molar-refractivity contribution in [3.8, 4) is 0 Å². The Morgan fingerprint density at radius 3 is 1.28 bits per heavy atom. The lowest BCUT2D eigenvalue weighted by Gasteiger charge is -2.14. The summed E-state index contributed by atoms with van der Waals surface area (Å²) in [7, 11) is 0. The molecule has 0 radical (unpaired) electrons. The van der Waals surface area contributed by atoms with Gasteiger partial charge < -0.3 is 30.6 Å². The van der Waals surface area contributed by atoms with Crippen LogP contribution in [0, 0.1) is 6.92 Å². The highest BCUT2D eigenvalue weighted by molar-refractivity contribution is 6.24. The number of fused-ring (bicyclic) bond motifs is 14. The topological polar surface area (TPSA) is 121 Å². The van der Waals surface area contributed by atoms with Gasteiger partial charge in [0.15, 0.2) is 0 Å². The fraction of sp³-hybridized carbons (Fsp3) is 0.0222. The molecule has 6 N–H and O–H groups in total. The molecule has 7 aromatic carbocycles. The second kappa shape index (κ2) is 10.8. The van der Waals surface area contributed by atoms with Crippen LogP contribution in [-0.4, -0.2) is 31.8 Å². The highest BCUT2D eigenvalue weighted by Crippen LogP contribution is 2.37. The largest absolute Gasteiger partial charge is 0.353 e. The lowest BCUT2D eigenvalue weighted by atomic mass is 10.1. The van der Waals surface area contributed by atoms with Crippen LogP contribution in [0.1, 0.15) is 26.3 Å². The molecular formula is C45H30N6O2. The first-order chi connectivity index (χ1) is 26.0. The van der Waals surface area contributed by atoms with Crippen LogP contribution in [0.25, 0.3) is 87.2 Å². The zero-order chi connectivity index (χ0) is 35.4. The minimum absolute atomic E-state index is 0.273. The monoisotopic (exact) mass is 686 g/mol. The van der Waals surface area contributed by atoms with Gasteiger partial charge in [0.05, 0.1) is 33.4 Å². The van der Waals surface area contributed by atoms with Crippen molar-refractivity contribution in [2.75, 3.05) is 10.6 Å². The molecule has 11 rings (SSSR count). The fourth-order valence-corrected chi connectivity index (χ4v) is 8.12. The third-order valence-electron chi connectivity index (χ3n) is 10.7. The smallest absolute Gasteiger partial charge is 0.255 e. The highest BCUT2D eigenvalue weighted by Gasteiger charge is 2.18. The molecule has 11 aromatic rings. The van der Waals surface area contributed by atoms with Gasteiger partial charge >= 0.3 is 0 Å². The molecule has 2 amide bonds. The SMILES string of the molecule is Cc1ccc(NC(=O)c2ccc3c(c2)[nH]c2c3ccc3c4ccccc4[nH]c32)c(NC(=O)c2ccc3c(c2)[nH]c2c3ccc3c4ccccc4[nH]c32)c1. The van der Waals surface area contributed by atoms with Crippen molar-refractivity contribution in [1.82, 2.24) is 19.9 Å². The number of H-pyrrole nitrogens is 4. The van der Waals surface area contributed by atoms with Gasteiger partial charge in [-0.2, -0.15) is 0 Å². The lowest BCUT2D eigenvalue weighted by molar-refractivity contribution is 0.101. The van der Waals surface area contributed by atoms with E-state index in [1.807, 2.05) is 85.8 Å². The molecule has 0 unspecified atom stereocenters. The van der Waals surface area contributed by atoms with Crippen molar-refractivity contribution in [2.24, 2.45) is 0 Å². The van der Waals surface area contributed by atoms with Crippen LogP contribution < -0.4 is 10.6 Å². The summed E-state index contributed by atoms with van der Waals surface area (Å²) in [6.07, 6.45) is 0. The van der Waals surface area contributed by atoms with E-state index in [1.54, 1.807) is 0 Å². The third-order valence-corrected chi connectivity index (χ3v) is 10.7. The number of anilines is 2. The quantitative estimate of drug-likeness (QED) is 0.110. The molecule has 0 saturated heterocycles. The average molecular weight is 687 g/mol. The minimum atomic E-state index is -0.275. The van der Waals surface area contributed by atoms with Crippen molar-refractivity contribution in [1.29, 1.82) is 0 Å². The maximum absolute atomic E-state index is 13.8. The lowest BCUT2D eigenvalue weighted by Crippen LogP contribution is -2.17. The Balaban J connectivity index is 0.897. The van der Waals surface area contributed by atoms with Gasteiger partial charge in [0, 0.05) is 76.3 Å². The van der Waals surface area contributed by atoms with Gasteiger partial charge in [0.1, 0.15) is 0 Å². The molecule has 8 nitrogen and oxygen atoms in total. The van der Waals surface area contributed by atoms with E-state index in [0.29, 0.717) is 22.5 Å². The first-order valence-corrected chi connectivity index (χ1v) is 17.6. The molecule has 0 aliphatic rings. The number of aryl methyl sites for hydroxylation is 1. The standard InChI is InChI=1S/C45H30N6O2/c1-23-10-19-36(50-44(52)24-11-13-28-32-17-15-30-26-6-2-4-8-34(26)46-40(30)42(32)48-37(28)21-24)39(20-23)51-45(53)25-12-14-29-33-18-16-31-27-7-3-5-9-35(27)47-41(31)43(33)49-38(29)22-25/h2-22,46-49H,1H3,(H,50,52)(H,51,53). The molecule has 4 heterocycles. The summed E-state index contributed by atoms with van der Waals surface area (Å²) in [5, 5.41) is 15.0. The van der Waals surface area contributed by atoms with E-state index in [2.05, 4.69) is 79.1 Å². The van der Waals surface area contributed by atoms with Gasteiger partial charge in [-0.1, -0.05) is 78.9 Å². The van der Waals surface area contributed by atoms with E-state index in [9.17, 15) is 9.59 Å². The summed E-state index contributed by atoms with van der Waals surface area (Å²) in [5.74, 6) is -0.548. The van der Waals surface area contributed by atoms with Crippen molar-refractivity contribution in [3.63, 3.8) is 0 Å². The van der Waals surface area contributed by atoms with Gasteiger partial charge in [-0.3, -0.25) is 9.59 Å². The second-order valence-electron chi connectivity index (χ2n) is 13.9. The highest BCUT2D eigenvalue weighted by atomic mass is 16.2. The van der Waals surface area contributed by atoms with Crippen LogP contribution in [0.4, 0.5) is 11.4 Å². The van der Waals surface area contributed by atoms with Gasteiger partial charge in [-0.15, -0.1) is 0 Å². The van der Waals surface area contributed by atoms with Crippen molar-refractivity contribution < 1.29 is 9.59 Å². The van der Waals surface area contributed by atoms with E-state index in [1.165, 1.54) is 10.8 Å². The number of carbonyl (C=O) groups is 2. The number of nitrogens with one attached hydrogen (secondary N) is 6. The normalized spacial score (nSPS) is 12.0. The van der Waals surface area contributed by atoms with Gasteiger partial charge in [0.25, 0.3) is 11.8 Å². The Bertz CT molecular complexity index is 3360. The number of benzene rings is 7. The summed E-state index contributed by atoms with van der Waals surface area (Å²) < 4.78 is 0. The van der Waals surface area contributed by atoms with E-state index >= 15 is 0 Å². The second-order valence-corrected chi connectivity index (χ2v) is 13.9. The molecule has 0 aliphatic heterocycles. The predicted molar refractivity (Wildman–Crippen MR) is 217 cm³/mol. The maximum atomic E-state index is 13.8. The van der Waals surface area contributed by atoms with E-state index in [4.69, 9.17) is 0 Å². The van der Waals surface area contributed by atoms with Crippen molar-refractivity contribution in [2.45, 2.75) is 6.92 Å². The number of para-hydroxylation sites is 2. The summed E-state index contributed by atoms with van der Waals surface area (Å²) in [6, 6.07) is 42.2. The summed E-state index contributed by atoms with van der Waals surface area (Å²) in [4.78, 5) is 41.8. The van der Waals surface area contributed by atoms with Crippen molar-refractivity contribution >= 4 is 110 Å². The van der Waals surface area contributed by atoms with Gasteiger partial charge in [0.2, 0.25) is 0 Å². The number of hydrogen-bond acceptors (Lipinski definition) is 2. The van der Waals surface area contributed by atoms with E-state index in [0.717, 1.165) is 82.0 Å². The Labute approximate surface area is 300 Å². The molecular weight excluding hydrogens is 657 g/mol. The van der Waals surface area contributed by atoms with Gasteiger partial charge in [-0.05, 0) is 61.0 Å². The number of aromatic amines is 4. The van der Waals surface area contributed by atoms with Crippen LogP contribution in [0.3, 0.4) is 0 Å². The minimum Gasteiger partial charge on any atom is -0.353 e. The number of aromatic nitrogens is 4. The van der Waals surface area contributed by atoms with Crippen LogP contribution in [0.5, 0.6) is 0 Å². The van der Waals surface area contributed by atoms with Crippen LogP contribution >= 0.6 is 0 Å². The molecule has 0 bridgehead atoms. The molecule has 4 aromatic heterocycles. The Morgan fingerprint density at radius 2 is 0.792 bits per heavy atom. The molecule has 0 saturated carbocycles. The third kappa shape index (κ3) is 4.42. The van der Waals surface area contributed by atoms with Crippen LogP contribution in [0.15, 0.2) is 127 Å².